The average Bonchev–Trinajstić information content (AvgIpc) is 2.43. The number of rotatable bonds is 5. The molecule has 0 fully saturated rings. The maximum atomic E-state index is 11.9. The van der Waals surface area contributed by atoms with E-state index >= 15 is 0 Å². The molecule has 102 valence electrons. The molecule has 0 aliphatic carbocycles. The number of hydrogen-bond acceptors (Lipinski definition) is 4. The van der Waals surface area contributed by atoms with Gasteiger partial charge in [0.2, 0.25) is 0 Å². The minimum atomic E-state index is -0.186. The average molecular weight is 278 g/mol. The summed E-state index contributed by atoms with van der Waals surface area (Å²) in [4.78, 5) is 15.9. The van der Waals surface area contributed by atoms with Gasteiger partial charge < -0.3 is 10.4 Å². The zero-order valence-electron chi connectivity index (χ0n) is 11.1. The van der Waals surface area contributed by atoms with E-state index in [1.807, 2.05) is 6.92 Å². The molecule has 1 atom stereocenters. The Morgan fingerprint density at radius 2 is 2.37 bits per heavy atom. The van der Waals surface area contributed by atoms with E-state index in [0.717, 1.165) is 11.5 Å². The third-order valence-corrected chi connectivity index (χ3v) is 3.40. The molecule has 1 rings (SSSR count). The summed E-state index contributed by atoms with van der Waals surface area (Å²) in [7, 11) is 0. The second-order valence-corrected chi connectivity index (χ2v) is 5.24. The van der Waals surface area contributed by atoms with Gasteiger partial charge >= 0.3 is 0 Å². The lowest BCUT2D eigenvalue weighted by Gasteiger charge is -2.12. The predicted molar refractivity (Wildman–Crippen MR) is 78.1 cm³/mol. The molecule has 0 aromatic carbocycles. The van der Waals surface area contributed by atoms with Crippen molar-refractivity contribution < 1.29 is 9.90 Å². The molecule has 1 unspecified atom stereocenters. The Morgan fingerprint density at radius 3 is 2.95 bits per heavy atom. The number of thioether (sulfide) groups is 1. The Kier molecular flexibility index (Phi) is 7.01. The number of hydrogen-bond donors (Lipinski definition) is 2. The monoisotopic (exact) mass is 278 g/mol. The number of pyridine rings is 1. The van der Waals surface area contributed by atoms with Crippen molar-refractivity contribution in [2.75, 3.05) is 18.1 Å². The van der Waals surface area contributed by atoms with Crippen LogP contribution in [-0.2, 0) is 0 Å². The molecule has 0 aliphatic heterocycles. The predicted octanol–water partition coefficient (Wildman–Crippen LogP) is 1.30. The van der Waals surface area contributed by atoms with Crippen LogP contribution in [-0.4, -0.2) is 40.2 Å². The molecule has 5 heteroatoms. The lowest BCUT2D eigenvalue weighted by atomic mass is 10.2. The first kappa shape index (κ1) is 15.5. The van der Waals surface area contributed by atoms with Gasteiger partial charge in [-0.1, -0.05) is 18.8 Å². The molecule has 1 aromatic rings. The van der Waals surface area contributed by atoms with E-state index in [-0.39, 0.29) is 18.6 Å². The van der Waals surface area contributed by atoms with E-state index in [4.69, 9.17) is 5.11 Å². The second-order valence-electron chi connectivity index (χ2n) is 3.93. The molecule has 0 saturated carbocycles. The maximum absolute atomic E-state index is 11.9. The SMILES string of the molecule is CCSCC(C)NC(=O)c1ccc(C#CCO)cn1. The molecular formula is C14H18N2O2S. The first-order valence-electron chi connectivity index (χ1n) is 6.11. The highest BCUT2D eigenvalue weighted by Gasteiger charge is 2.10. The van der Waals surface area contributed by atoms with Crippen LogP contribution in [0.1, 0.15) is 29.9 Å². The number of aromatic nitrogens is 1. The number of aliphatic hydroxyl groups is 1. The largest absolute Gasteiger partial charge is 0.384 e. The Labute approximate surface area is 118 Å². The summed E-state index contributed by atoms with van der Waals surface area (Å²) in [6.45, 7) is 3.88. The number of aliphatic hydroxyl groups excluding tert-OH is 1. The summed E-state index contributed by atoms with van der Waals surface area (Å²) in [5, 5.41) is 11.5. The summed E-state index contributed by atoms with van der Waals surface area (Å²) < 4.78 is 0. The molecule has 1 amide bonds. The number of carbonyl (C=O) groups is 1. The van der Waals surface area contributed by atoms with Crippen molar-refractivity contribution in [1.29, 1.82) is 0 Å². The fourth-order valence-electron chi connectivity index (χ4n) is 1.38. The second kappa shape index (κ2) is 8.57. The van der Waals surface area contributed by atoms with Gasteiger partial charge in [-0.05, 0) is 24.8 Å². The molecule has 1 aromatic heterocycles. The first-order valence-corrected chi connectivity index (χ1v) is 7.27. The van der Waals surface area contributed by atoms with Crippen LogP contribution in [0.2, 0.25) is 0 Å². The van der Waals surface area contributed by atoms with Gasteiger partial charge in [0, 0.05) is 23.6 Å². The highest BCUT2D eigenvalue weighted by atomic mass is 32.2. The van der Waals surface area contributed by atoms with E-state index < -0.39 is 0 Å². The topological polar surface area (TPSA) is 62.2 Å². The van der Waals surface area contributed by atoms with Crippen molar-refractivity contribution in [2.45, 2.75) is 19.9 Å². The minimum absolute atomic E-state index is 0.119. The minimum Gasteiger partial charge on any atom is -0.384 e. The summed E-state index contributed by atoms with van der Waals surface area (Å²) in [5.41, 5.74) is 1.06. The number of amides is 1. The van der Waals surface area contributed by atoms with E-state index in [1.54, 1.807) is 23.9 Å². The summed E-state index contributed by atoms with van der Waals surface area (Å²) in [6.07, 6.45) is 1.53. The van der Waals surface area contributed by atoms with Crippen molar-refractivity contribution in [3.63, 3.8) is 0 Å². The van der Waals surface area contributed by atoms with Gasteiger partial charge in [0.05, 0.1) is 0 Å². The van der Waals surface area contributed by atoms with Gasteiger partial charge in [-0.3, -0.25) is 4.79 Å². The van der Waals surface area contributed by atoms with Crippen LogP contribution < -0.4 is 5.32 Å². The van der Waals surface area contributed by atoms with Crippen LogP contribution in [0.3, 0.4) is 0 Å². The van der Waals surface area contributed by atoms with Crippen molar-refractivity contribution >= 4 is 17.7 Å². The van der Waals surface area contributed by atoms with Crippen LogP contribution in [0.4, 0.5) is 0 Å². The quantitative estimate of drug-likeness (QED) is 0.797. The zero-order chi connectivity index (χ0) is 14.1. The Balaban J connectivity index is 2.57. The molecule has 0 saturated heterocycles. The van der Waals surface area contributed by atoms with Crippen molar-refractivity contribution in [3.05, 3.63) is 29.6 Å². The Morgan fingerprint density at radius 1 is 1.58 bits per heavy atom. The van der Waals surface area contributed by atoms with Gasteiger partial charge in [0.1, 0.15) is 12.3 Å². The van der Waals surface area contributed by atoms with E-state index in [2.05, 4.69) is 29.1 Å². The van der Waals surface area contributed by atoms with Gasteiger partial charge in [0.25, 0.3) is 5.91 Å². The van der Waals surface area contributed by atoms with Crippen LogP contribution in [0.25, 0.3) is 0 Å². The van der Waals surface area contributed by atoms with Crippen LogP contribution >= 0.6 is 11.8 Å². The third kappa shape index (κ3) is 5.77. The van der Waals surface area contributed by atoms with E-state index in [0.29, 0.717) is 11.3 Å². The summed E-state index contributed by atoms with van der Waals surface area (Å²) in [6, 6.07) is 3.47. The normalized spacial score (nSPS) is 11.3. The molecule has 19 heavy (non-hydrogen) atoms. The molecule has 1 heterocycles. The van der Waals surface area contributed by atoms with Crippen LogP contribution in [0, 0.1) is 11.8 Å². The smallest absolute Gasteiger partial charge is 0.270 e. The molecular weight excluding hydrogens is 260 g/mol. The third-order valence-electron chi connectivity index (χ3n) is 2.26. The lowest BCUT2D eigenvalue weighted by molar-refractivity contribution is 0.0938. The lowest BCUT2D eigenvalue weighted by Crippen LogP contribution is -2.34. The highest BCUT2D eigenvalue weighted by Crippen LogP contribution is 2.03. The number of nitrogens with zero attached hydrogens (tertiary/aromatic N) is 1. The first-order chi connectivity index (χ1) is 9.17. The fourth-order valence-corrected chi connectivity index (χ4v) is 2.05. The Hall–Kier alpha value is -1.51. The number of nitrogens with one attached hydrogen (secondary N) is 1. The molecule has 0 aliphatic rings. The zero-order valence-corrected chi connectivity index (χ0v) is 12.0. The van der Waals surface area contributed by atoms with Crippen molar-refractivity contribution in [3.8, 4) is 11.8 Å². The number of carbonyl (C=O) groups excluding carboxylic acids is 1. The van der Waals surface area contributed by atoms with Crippen molar-refractivity contribution in [1.82, 2.24) is 10.3 Å². The molecule has 4 nitrogen and oxygen atoms in total. The van der Waals surface area contributed by atoms with Crippen LogP contribution in [0.15, 0.2) is 18.3 Å². The molecule has 0 bridgehead atoms. The fraction of sp³-hybridized carbons (Fsp3) is 0.429. The van der Waals surface area contributed by atoms with Crippen molar-refractivity contribution in [2.24, 2.45) is 0 Å². The van der Waals surface area contributed by atoms with Crippen LogP contribution in [0.5, 0.6) is 0 Å². The summed E-state index contributed by atoms with van der Waals surface area (Å²) >= 11 is 1.79. The molecule has 0 radical (unpaired) electrons. The van der Waals surface area contributed by atoms with E-state index in [9.17, 15) is 4.79 Å². The maximum Gasteiger partial charge on any atom is 0.270 e. The van der Waals surface area contributed by atoms with Gasteiger partial charge in [-0.15, -0.1) is 0 Å². The Bertz CT molecular complexity index is 463. The van der Waals surface area contributed by atoms with E-state index in [1.165, 1.54) is 6.20 Å². The standard InChI is InChI=1S/C14H18N2O2S/c1-3-19-10-11(2)16-14(18)13-7-6-12(9-15-13)5-4-8-17/h6-7,9,11,17H,3,8,10H2,1-2H3,(H,16,18). The molecule has 2 N–H and O–H groups in total. The van der Waals surface area contributed by atoms with Gasteiger partial charge in [-0.25, -0.2) is 4.98 Å². The van der Waals surface area contributed by atoms with Gasteiger partial charge in [-0.2, -0.15) is 11.8 Å². The summed E-state index contributed by atoms with van der Waals surface area (Å²) in [5.74, 6) is 7.02. The highest BCUT2D eigenvalue weighted by molar-refractivity contribution is 7.99. The van der Waals surface area contributed by atoms with Gasteiger partial charge in [0.15, 0.2) is 0 Å². The molecule has 0 spiro atoms.